The van der Waals surface area contributed by atoms with Gasteiger partial charge in [0.25, 0.3) is 5.91 Å². The maximum absolute atomic E-state index is 12.4. The normalized spacial score (nSPS) is 10.5. The number of rotatable bonds is 4. The second-order valence-electron chi connectivity index (χ2n) is 4.82. The van der Waals surface area contributed by atoms with Crippen LogP contribution in [0.5, 0.6) is 5.75 Å². The number of methoxy groups -OCH3 is 1. The average Bonchev–Trinajstić information content (AvgIpc) is 3.03. The molecule has 4 nitrogen and oxygen atoms in total. The van der Waals surface area contributed by atoms with Gasteiger partial charge < -0.3 is 4.74 Å². The summed E-state index contributed by atoms with van der Waals surface area (Å²) in [5, 5.41) is 5.85. The number of nitrogens with zero attached hydrogens (tertiary/aromatic N) is 1. The second kappa shape index (κ2) is 7.50. The Morgan fingerprint density at radius 2 is 2.08 bits per heavy atom. The molecule has 122 valence electrons. The third kappa shape index (κ3) is 3.71. The highest BCUT2D eigenvalue weighted by Gasteiger charge is 2.14. The van der Waals surface area contributed by atoms with E-state index < -0.39 is 0 Å². The number of thiazole rings is 1. The van der Waals surface area contributed by atoms with E-state index in [2.05, 4.69) is 32.9 Å². The van der Waals surface area contributed by atoms with Gasteiger partial charge in [-0.2, -0.15) is 0 Å². The van der Waals surface area contributed by atoms with Gasteiger partial charge in [0.1, 0.15) is 5.75 Å². The molecule has 0 spiro atoms. The van der Waals surface area contributed by atoms with Crippen LogP contribution in [0.4, 0.5) is 5.13 Å². The van der Waals surface area contributed by atoms with Gasteiger partial charge in [0.15, 0.2) is 5.13 Å². The Labute approximate surface area is 162 Å². The summed E-state index contributed by atoms with van der Waals surface area (Å²) in [6, 6.07) is 12.8. The minimum absolute atomic E-state index is 0.211. The summed E-state index contributed by atoms with van der Waals surface area (Å²) >= 11 is 9.38. The second-order valence-corrected chi connectivity index (χ2v) is 7.27. The van der Waals surface area contributed by atoms with Crippen LogP contribution in [0.15, 0.2) is 47.8 Å². The first kappa shape index (κ1) is 17.2. The van der Waals surface area contributed by atoms with E-state index in [4.69, 9.17) is 16.3 Å². The van der Waals surface area contributed by atoms with E-state index in [0.717, 1.165) is 20.6 Å². The van der Waals surface area contributed by atoms with Crippen molar-refractivity contribution in [2.75, 3.05) is 12.4 Å². The molecular formula is C17H12ClIN2O2S. The molecule has 0 bridgehead atoms. The van der Waals surface area contributed by atoms with E-state index in [1.807, 2.05) is 29.6 Å². The topological polar surface area (TPSA) is 51.2 Å². The van der Waals surface area contributed by atoms with E-state index in [1.165, 1.54) is 11.3 Å². The molecule has 0 aliphatic carbocycles. The van der Waals surface area contributed by atoms with Crippen LogP contribution < -0.4 is 10.1 Å². The van der Waals surface area contributed by atoms with Crippen molar-refractivity contribution in [2.24, 2.45) is 0 Å². The van der Waals surface area contributed by atoms with Gasteiger partial charge in [0.2, 0.25) is 0 Å². The molecule has 1 amide bonds. The number of amides is 1. The lowest BCUT2D eigenvalue weighted by Gasteiger charge is -2.06. The van der Waals surface area contributed by atoms with E-state index in [-0.39, 0.29) is 5.91 Å². The summed E-state index contributed by atoms with van der Waals surface area (Å²) in [6.45, 7) is 0. The number of nitrogens with one attached hydrogen (secondary N) is 1. The number of para-hydroxylation sites is 1. The predicted molar refractivity (Wildman–Crippen MR) is 106 cm³/mol. The van der Waals surface area contributed by atoms with Crippen LogP contribution in [0.25, 0.3) is 11.3 Å². The Balaban J connectivity index is 1.82. The summed E-state index contributed by atoms with van der Waals surface area (Å²) in [6.07, 6.45) is 0. The van der Waals surface area contributed by atoms with Gasteiger partial charge in [-0.3, -0.25) is 10.1 Å². The zero-order valence-electron chi connectivity index (χ0n) is 12.5. The molecule has 0 aliphatic rings. The van der Waals surface area contributed by atoms with E-state index in [1.54, 1.807) is 25.3 Å². The van der Waals surface area contributed by atoms with Crippen molar-refractivity contribution in [1.29, 1.82) is 0 Å². The predicted octanol–water partition coefficient (Wildman–Crippen LogP) is 5.33. The summed E-state index contributed by atoms with van der Waals surface area (Å²) < 4.78 is 6.14. The molecule has 7 heteroatoms. The lowest BCUT2D eigenvalue weighted by Crippen LogP contribution is -2.13. The monoisotopic (exact) mass is 470 g/mol. The van der Waals surface area contributed by atoms with Crippen molar-refractivity contribution in [2.45, 2.75) is 0 Å². The van der Waals surface area contributed by atoms with Crippen molar-refractivity contribution >= 4 is 56.6 Å². The number of hydrogen-bond donors (Lipinski definition) is 1. The molecule has 24 heavy (non-hydrogen) atoms. The average molecular weight is 471 g/mol. The fourth-order valence-electron chi connectivity index (χ4n) is 2.15. The van der Waals surface area contributed by atoms with Crippen molar-refractivity contribution in [3.8, 4) is 17.0 Å². The van der Waals surface area contributed by atoms with Crippen LogP contribution in [-0.2, 0) is 0 Å². The molecular weight excluding hydrogens is 459 g/mol. The highest BCUT2D eigenvalue weighted by molar-refractivity contribution is 14.1. The lowest BCUT2D eigenvalue weighted by molar-refractivity contribution is 0.102. The first-order valence-corrected chi connectivity index (χ1v) is 9.27. The van der Waals surface area contributed by atoms with Crippen molar-refractivity contribution < 1.29 is 9.53 Å². The van der Waals surface area contributed by atoms with E-state index in [0.29, 0.717) is 15.7 Å². The Hall–Kier alpha value is -1.64. The zero-order valence-corrected chi connectivity index (χ0v) is 16.3. The minimum Gasteiger partial charge on any atom is -0.496 e. The zero-order chi connectivity index (χ0) is 17.1. The quantitative estimate of drug-likeness (QED) is 0.525. The van der Waals surface area contributed by atoms with Crippen LogP contribution in [0.3, 0.4) is 0 Å². The lowest BCUT2D eigenvalue weighted by atomic mass is 10.1. The Morgan fingerprint density at radius 1 is 1.29 bits per heavy atom. The third-order valence-corrected chi connectivity index (χ3v) is 5.17. The van der Waals surface area contributed by atoms with Gasteiger partial charge in [-0.15, -0.1) is 11.3 Å². The molecule has 1 N–H and O–H groups in total. The van der Waals surface area contributed by atoms with Gasteiger partial charge >= 0.3 is 0 Å². The molecule has 0 unspecified atom stereocenters. The minimum atomic E-state index is -0.211. The molecule has 2 aromatic carbocycles. The van der Waals surface area contributed by atoms with Crippen LogP contribution in [0.2, 0.25) is 5.02 Å². The smallest absolute Gasteiger partial charge is 0.258 e. The van der Waals surface area contributed by atoms with Gasteiger partial charge in [0, 0.05) is 19.5 Å². The number of halogens is 2. The van der Waals surface area contributed by atoms with E-state index >= 15 is 0 Å². The number of carbonyl (C=O) groups is 1. The fraction of sp³-hybridized carbons (Fsp3) is 0.0588. The summed E-state index contributed by atoms with van der Waals surface area (Å²) in [5.41, 5.74) is 2.21. The maximum Gasteiger partial charge on any atom is 0.258 e. The van der Waals surface area contributed by atoms with Gasteiger partial charge in [0.05, 0.1) is 18.4 Å². The first-order valence-electron chi connectivity index (χ1n) is 6.94. The first-order chi connectivity index (χ1) is 11.6. The molecule has 1 aromatic heterocycles. The molecule has 0 saturated carbocycles. The van der Waals surface area contributed by atoms with Gasteiger partial charge in [-0.25, -0.2) is 4.98 Å². The SMILES string of the molecule is COc1ccccc1-c1csc(NC(=O)c2ccc(Cl)cc2I)n1. The Morgan fingerprint density at radius 3 is 2.83 bits per heavy atom. The molecule has 3 rings (SSSR count). The Kier molecular flexibility index (Phi) is 5.37. The maximum atomic E-state index is 12.4. The molecule has 0 aliphatic heterocycles. The summed E-state index contributed by atoms with van der Waals surface area (Å²) in [5.74, 6) is 0.532. The van der Waals surface area contributed by atoms with Crippen LogP contribution >= 0.6 is 45.5 Å². The van der Waals surface area contributed by atoms with Crippen LogP contribution in [-0.4, -0.2) is 18.0 Å². The highest BCUT2D eigenvalue weighted by atomic mass is 127. The third-order valence-electron chi connectivity index (χ3n) is 3.28. The molecule has 3 aromatic rings. The number of anilines is 1. The standard InChI is InChI=1S/C17H12ClIN2O2S/c1-23-15-5-3-2-4-12(15)14-9-24-17(20-14)21-16(22)11-7-6-10(18)8-13(11)19/h2-9H,1H3,(H,20,21,22). The van der Waals surface area contributed by atoms with Crippen molar-refractivity contribution in [3.63, 3.8) is 0 Å². The van der Waals surface area contributed by atoms with Gasteiger partial charge in [-0.1, -0.05) is 23.7 Å². The number of benzene rings is 2. The van der Waals surface area contributed by atoms with Crippen molar-refractivity contribution in [3.05, 3.63) is 62.0 Å². The number of aromatic nitrogens is 1. The number of carbonyl (C=O) groups excluding carboxylic acids is 1. The molecule has 0 fully saturated rings. The Bertz CT molecular complexity index is 898. The summed E-state index contributed by atoms with van der Waals surface area (Å²) in [7, 11) is 1.62. The molecule has 0 atom stereocenters. The summed E-state index contributed by atoms with van der Waals surface area (Å²) in [4.78, 5) is 16.9. The fourth-order valence-corrected chi connectivity index (χ4v) is 3.97. The number of ether oxygens (including phenoxy) is 1. The van der Waals surface area contributed by atoms with Crippen LogP contribution in [0.1, 0.15) is 10.4 Å². The largest absolute Gasteiger partial charge is 0.496 e. The molecule has 0 radical (unpaired) electrons. The van der Waals surface area contributed by atoms with E-state index in [9.17, 15) is 4.79 Å². The van der Waals surface area contributed by atoms with Crippen LogP contribution in [0, 0.1) is 3.57 Å². The number of hydrogen-bond acceptors (Lipinski definition) is 4. The van der Waals surface area contributed by atoms with Gasteiger partial charge in [-0.05, 0) is 52.9 Å². The molecule has 0 saturated heterocycles. The molecule has 1 heterocycles. The highest BCUT2D eigenvalue weighted by Crippen LogP contribution is 2.32. The van der Waals surface area contributed by atoms with Crippen molar-refractivity contribution in [1.82, 2.24) is 4.98 Å².